The van der Waals surface area contributed by atoms with E-state index in [0.717, 1.165) is 16.5 Å². The summed E-state index contributed by atoms with van der Waals surface area (Å²) < 4.78 is 6.80. The van der Waals surface area contributed by atoms with Crippen LogP contribution < -0.4 is 4.65 Å². The number of fused-ring (bicyclic) bond motifs is 1. The van der Waals surface area contributed by atoms with Crippen molar-refractivity contribution in [3.8, 4) is 5.88 Å². The number of hydrogen-bond acceptors (Lipinski definition) is 3. The Morgan fingerprint density at radius 1 is 1.35 bits per heavy atom. The summed E-state index contributed by atoms with van der Waals surface area (Å²) in [5, 5.41) is 19.7. The molecule has 0 spiro atoms. The molecule has 1 aromatic heterocycles. The Hall–Kier alpha value is -1.39. The minimum Gasteiger partial charge on any atom is -0.527 e. The van der Waals surface area contributed by atoms with Crippen LogP contribution in [0.2, 0.25) is 6.82 Å². The van der Waals surface area contributed by atoms with E-state index in [9.17, 15) is 5.02 Å². The molecule has 88 valence electrons. The average Bonchev–Trinajstić information content (AvgIpc) is 2.63. The Balaban J connectivity index is 2.74. The van der Waals surface area contributed by atoms with Crippen molar-refractivity contribution in [2.24, 2.45) is 0 Å². The Morgan fingerprint density at radius 2 is 2.06 bits per heavy atom. The summed E-state index contributed by atoms with van der Waals surface area (Å²) in [6.45, 7) is 5.74. The third kappa shape index (κ3) is 1.94. The number of rotatable bonds is 3. The highest BCUT2D eigenvalue weighted by molar-refractivity contribution is 6.49. The van der Waals surface area contributed by atoms with Crippen LogP contribution in [0.3, 0.4) is 0 Å². The van der Waals surface area contributed by atoms with Crippen molar-refractivity contribution in [2.45, 2.75) is 20.7 Å². The average molecular weight is 231 g/mol. The fourth-order valence-electron chi connectivity index (χ4n) is 2.09. The van der Waals surface area contributed by atoms with Crippen molar-refractivity contribution >= 4 is 25.6 Å². The van der Waals surface area contributed by atoms with Gasteiger partial charge < -0.3 is 19.2 Å². The molecule has 0 bridgehead atoms. The second-order valence-corrected chi connectivity index (χ2v) is 4.20. The van der Waals surface area contributed by atoms with Crippen LogP contribution in [0.5, 0.6) is 5.88 Å². The lowest BCUT2D eigenvalue weighted by Gasteiger charge is -2.10. The van der Waals surface area contributed by atoms with Crippen LogP contribution in [0.4, 0.5) is 0 Å². The number of hydrogen-bond donors (Lipinski definition) is 2. The largest absolute Gasteiger partial charge is 0.527 e. The van der Waals surface area contributed by atoms with Crippen LogP contribution in [-0.2, 0) is 0 Å². The van der Waals surface area contributed by atoms with Crippen LogP contribution in [0.15, 0.2) is 18.2 Å². The van der Waals surface area contributed by atoms with Crippen molar-refractivity contribution in [2.75, 3.05) is 0 Å². The fourth-order valence-corrected chi connectivity index (χ4v) is 2.09. The van der Waals surface area contributed by atoms with Gasteiger partial charge in [-0.15, -0.1) is 0 Å². The predicted octanol–water partition coefficient (Wildman–Crippen LogP) is 0.854. The molecule has 0 fully saturated rings. The molecular formula is C11H15B2NO3. The monoisotopic (exact) mass is 231 g/mol. The predicted molar refractivity (Wildman–Crippen MR) is 70.6 cm³/mol. The molecule has 0 aliphatic carbocycles. The maximum absolute atomic E-state index is 9.78. The number of aromatic nitrogens is 1. The third-order valence-electron chi connectivity index (χ3n) is 3.11. The van der Waals surface area contributed by atoms with Gasteiger partial charge in [0.25, 0.3) is 0 Å². The zero-order chi connectivity index (χ0) is 12.6. The zero-order valence-electron chi connectivity index (χ0n) is 10.3. The first-order valence-corrected chi connectivity index (χ1v) is 5.59. The van der Waals surface area contributed by atoms with Crippen molar-refractivity contribution in [3.63, 3.8) is 0 Å². The fraction of sp³-hybridized carbons (Fsp3) is 0.273. The summed E-state index contributed by atoms with van der Waals surface area (Å²) >= 11 is 0. The first kappa shape index (κ1) is 12.1. The number of benzene rings is 1. The third-order valence-corrected chi connectivity index (χ3v) is 3.11. The molecule has 17 heavy (non-hydrogen) atoms. The summed E-state index contributed by atoms with van der Waals surface area (Å²) in [6.07, 6.45) is 0. The standard InChI is InChI=1S/C11H15B2NO3/c1-7-4-5-10-9(8(7)2)6-11(17-12-15)14(10)13(3)16/h4-6,12,15-16H,1-3H3. The summed E-state index contributed by atoms with van der Waals surface area (Å²) in [5.41, 5.74) is 3.26. The van der Waals surface area contributed by atoms with Gasteiger partial charge in [0.15, 0.2) is 5.88 Å². The second kappa shape index (κ2) is 4.47. The molecule has 0 aliphatic rings. The number of aryl methyl sites for hydroxylation is 2. The molecule has 2 aromatic rings. The Bertz CT molecular complexity index is 551. The molecule has 0 aliphatic heterocycles. The molecule has 4 nitrogen and oxygen atoms in total. The molecule has 0 amide bonds. The van der Waals surface area contributed by atoms with E-state index < -0.39 is 14.7 Å². The molecule has 0 saturated carbocycles. The van der Waals surface area contributed by atoms with Gasteiger partial charge in [0.1, 0.15) is 0 Å². The van der Waals surface area contributed by atoms with Crippen molar-refractivity contribution < 1.29 is 14.7 Å². The molecule has 0 radical (unpaired) electrons. The van der Waals surface area contributed by atoms with Crippen molar-refractivity contribution in [1.29, 1.82) is 0 Å². The SMILES string of the molecule is CB(O)n1c(OBO)cc2c(C)c(C)ccc21. The molecule has 1 heterocycles. The van der Waals surface area contributed by atoms with Gasteiger partial charge in [0.2, 0.25) is 0 Å². The van der Waals surface area contributed by atoms with E-state index >= 15 is 0 Å². The Kier molecular flexibility index (Phi) is 3.17. The smallest absolute Gasteiger partial charge is 0.505 e. The summed E-state index contributed by atoms with van der Waals surface area (Å²) in [4.78, 5) is 0. The van der Waals surface area contributed by atoms with E-state index in [1.807, 2.05) is 32.0 Å². The van der Waals surface area contributed by atoms with Crippen LogP contribution in [0.25, 0.3) is 10.9 Å². The topological polar surface area (TPSA) is 54.6 Å². The van der Waals surface area contributed by atoms with E-state index in [1.54, 1.807) is 11.3 Å². The molecule has 0 atom stereocenters. The highest BCUT2D eigenvalue weighted by atomic mass is 16.5. The molecule has 2 N–H and O–H groups in total. The second-order valence-electron chi connectivity index (χ2n) is 4.20. The van der Waals surface area contributed by atoms with Crippen LogP contribution >= 0.6 is 0 Å². The number of nitrogens with zero attached hydrogens (tertiary/aromatic N) is 1. The van der Waals surface area contributed by atoms with E-state index in [4.69, 9.17) is 9.68 Å². The molecule has 1 aromatic carbocycles. The quantitative estimate of drug-likeness (QED) is 0.770. The van der Waals surface area contributed by atoms with E-state index in [2.05, 4.69) is 0 Å². The van der Waals surface area contributed by atoms with Crippen LogP contribution in [0, 0.1) is 13.8 Å². The molecule has 0 unspecified atom stereocenters. The maximum atomic E-state index is 9.78. The highest BCUT2D eigenvalue weighted by Crippen LogP contribution is 2.29. The van der Waals surface area contributed by atoms with Gasteiger partial charge in [-0.05, 0) is 37.9 Å². The van der Waals surface area contributed by atoms with Gasteiger partial charge in [0, 0.05) is 17.0 Å². The van der Waals surface area contributed by atoms with Gasteiger partial charge in [-0.1, -0.05) is 6.07 Å². The van der Waals surface area contributed by atoms with E-state index in [-0.39, 0.29) is 0 Å². The molecule has 6 heteroatoms. The Morgan fingerprint density at radius 3 is 2.65 bits per heavy atom. The van der Waals surface area contributed by atoms with Crippen molar-refractivity contribution in [1.82, 2.24) is 4.48 Å². The van der Waals surface area contributed by atoms with Crippen LogP contribution in [0.1, 0.15) is 11.1 Å². The zero-order valence-corrected chi connectivity index (χ0v) is 10.3. The minimum atomic E-state index is -0.698. The first-order valence-electron chi connectivity index (χ1n) is 5.59. The van der Waals surface area contributed by atoms with Gasteiger partial charge >= 0.3 is 14.7 Å². The van der Waals surface area contributed by atoms with Crippen LogP contribution in [-0.4, -0.2) is 29.3 Å². The Labute approximate surface area is 101 Å². The lowest BCUT2D eigenvalue weighted by atomic mass is 9.87. The van der Waals surface area contributed by atoms with Gasteiger partial charge in [-0.2, -0.15) is 0 Å². The minimum absolute atomic E-state index is 0.402. The lowest BCUT2D eigenvalue weighted by molar-refractivity contribution is 0.436. The molecule has 2 rings (SSSR count). The molecular weight excluding hydrogens is 216 g/mol. The van der Waals surface area contributed by atoms with Gasteiger partial charge in [-0.25, -0.2) is 0 Å². The summed E-state index contributed by atoms with van der Waals surface area (Å²) in [7, 11) is -1.10. The first-order chi connectivity index (χ1) is 8.06. The molecule has 0 saturated heterocycles. The van der Waals surface area contributed by atoms with E-state index in [0.29, 0.717) is 5.88 Å². The highest BCUT2D eigenvalue weighted by Gasteiger charge is 2.18. The van der Waals surface area contributed by atoms with Gasteiger partial charge in [0.05, 0.1) is 0 Å². The normalized spacial score (nSPS) is 10.6. The van der Waals surface area contributed by atoms with E-state index in [1.165, 1.54) is 5.56 Å². The van der Waals surface area contributed by atoms with Gasteiger partial charge in [-0.3, -0.25) is 0 Å². The maximum Gasteiger partial charge on any atom is 0.505 e. The summed E-state index contributed by atoms with van der Waals surface area (Å²) in [5.74, 6) is 0.478. The lowest BCUT2D eigenvalue weighted by Crippen LogP contribution is -2.21. The van der Waals surface area contributed by atoms with Crippen molar-refractivity contribution in [3.05, 3.63) is 29.3 Å². The summed E-state index contributed by atoms with van der Waals surface area (Å²) in [6, 6.07) is 5.81.